The predicted molar refractivity (Wildman–Crippen MR) is 65.0 cm³/mol. The summed E-state index contributed by atoms with van der Waals surface area (Å²) in [6, 6.07) is 5.18. The Bertz CT molecular complexity index is 336. The number of hydrogen-bond acceptors (Lipinski definition) is 2. The Hall–Kier alpha value is -0.890. The molecule has 0 spiro atoms. The van der Waals surface area contributed by atoms with Crippen molar-refractivity contribution in [3.05, 3.63) is 30.1 Å². The Labute approximate surface area is 97.7 Å². The van der Waals surface area contributed by atoms with Gasteiger partial charge in [-0.3, -0.25) is 9.88 Å². The van der Waals surface area contributed by atoms with Crippen molar-refractivity contribution in [1.29, 1.82) is 0 Å². The van der Waals surface area contributed by atoms with Crippen LogP contribution < -0.4 is 0 Å². The van der Waals surface area contributed by atoms with Crippen molar-refractivity contribution in [2.75, 3.05) is 6.54 Å². The first-order valence-corrected chi connectivity index (χ1v) is 6.56. The van der Waals surface area contributed by atoms with Crippen molar-refractivity contribution in [2.24, 2.45) is 5.92 Å². The summed E-state index contributed by atoms with van der Waals surface area (Å²) in [6.45, 7) is 2.42. The molecule has 0 radical (unpaired) electrons. The summed E-state index contributed by atoms with van der Waals surface area (Å²) in [4.78, 5) is 6.79. The lowest BCUT2D eigenvalue weighted by atomic mass is 9.91. The smallest absolute Gasteiger partial charge is 0.0271 e. The maximum Gasteiger partial charge on any atom is 0.0271 e. The molecule has 3 rings (SSSR count). The van der Waals surface area contributed by atoms with Crippen molar-refractivity contribution in [3.8, 4) is 0 Å². The van der Waals surface area contributed by atoms with Gasteiger partial charge in [0.1, 0.15) is 0 Å². The lowest BCUT2D eigenvalue weighted by molar-refractivity contribution is 0.106. The normalized spacial score (nSPS) is 30.2. The van der Waals surface area contributed by atoms with E-state index in [1.165, 1.54) is 44.2 Å². The van der Waals surface area contributed by atoms with Gasteiger partial charge < -0.3 is 0 Å². The summed E-state index contributed by atoms with van der Waals surface area (Å²) in [5.74, 6) is 0.996. The van der Waals surface area contributed by atoms with Crippen molar-refractivity contribution < 1.29 is 0 Å². The fraction of sp³-hybridized carbons (Fsp3) is 0.643. The maximum absolute atomic E-state index is 4.09. The number of rotatable bonds is 2. The molecule has 1 aromatic heterocycles. The van der Waals surface area contributed by atoms with Crippen LogP contribution in [0.1, 0.15) is 37.7 Å². The van der Waals surface area contributed by atoms with Crippen LogP contribution in [-0.4, -0.2) is 22.5 Å². The molecule has 86 valence electrons. The van der Waals surface area contributed by atoms with Crippen LogP contribution in [0, 0.1) is 5.92 Å². The standard InChI is InChI=1S/C14H20N2/c1-3-13-4-2-10-16(14(13)5-1)11-12-6-8-15-9-7-12/h6-9,13-14H,1-5,10-11H2. The molecule has 2 aliphatic rings. The molecule has 2 unspecified atom stereocenters. The summed E-state index contributed by atoms with van der Waals surface area (Å²) in [5.41, 5.74) is 1.42. The molecule has 0 bridgehead atoms. The highest BCUT2D eigenvalue weighted by atomic mass is 15.2. The van der Waals surface area contributed by atoms with Gasteiger partial charge in [0.2, 0.25) is 0 Å². The number of hydrogen-bond donors (Lipinski definition) is 0. The number of piperidine rings is 1. The Morgan fingerprint density at radius 3 is 2.81 bits per heavy atom. The van der Waals surface area contributed by atoms with Crippen LogP contribution in [-0.2, 0) is 6.54 Å². The highest BCUT2D eigenvalue weighted by Crippen LogP contribution is 2.37. The van der Waals surface area contributed by atoms with Gasteiger partial charge in [0, 0.05) is 25.0 Å². The van der Waals surface area contributed by atoms with Gasteiger partial charge in [-0.1, -0.05) is 6.42 Å². The quantitative estimate of drug-likeness (QED) is 0.755. The van der Waals surface area contributed by atoms with E-state index in [-0.39, 0.29) is 0 Å². The van der Waals surface area contributed by atoms with Crippen molar-refractivity contribution in [1.82, 2.24) is 9.88 Å². The van der Waals surface area contributed by atoms with E-state index in [0.717, 1.165) is 18.5 Å². The van der Waals surface area contributed by atoms with Gasteiger partial charge in [-0.2, -0.15) is 0 Å². The third kappa shape index (κ3) is 1.99. The first-order valence-electron chi connectivity index (χ1n) is 6.56. The second kappa shape index (κ2) is 4.54. The second-order valence-electron chi connectivity index (χ2n) is 5.23. The van der Waals surface area contributed by atoms with Crippen molar-refractivity contribution in [2.45, 2.75) is 44.7 Å². The molecule has 2 fully saturated rings. The Morgan fingerprint density at radius 1 is 1.12 bits per heavy atom. The van der Waals surface area contributed by atoms with E-state index >= 15 is 0 Å². The highest BCUT2D eigenvalue weighted by molar-refractivity contribution is 5.10. The second-order valence-corrected chi connectivity index (χ2v) is 5.23. The van der Waals surface area contributed by atoms with E-state index in [1.54, 1.807) is 0 Å². The van der Waals surface area contributed by atoms with Crippen LogP contribution in [0.25, 0.3) is 0 Å². The largest absolute Gasteiger partial charge is 0.296 e. The van der Waals surface area contributed by atoms with Crippen LogP contribution in [0.4, 0.5) is 0 Å². The van der Waals surface area contributed by atoms with Crippen LogP contribution in [0.15, 0.2) is 24.5 Å². The molecule has 0 aromatic carbocycles. The summed E-state index contributed by atoms with van der Waals surface area (Å²) in [6.07, 6.45) is 11.0. The molecule has 0 N–H and O–H groups in total. The van der Waals surface area contributed by atoms with Crippen LogP contribution in [0.3, 0.4) is 0 Å². The average Bonchev–Trinajstić information content (AvgIpc) is 2.80. The number of nitrogens with zero attached hydrogens (tertiary/aromatic N) is 2. The van der Waals surface area contributed by atoms with Crippen LogP contribution in [0.2, 0.25) is 0 Å². The molecular formula is C14H20N2. The van der Waals surface area contributed by atoms with Crippen LogP contribution >= 0.6 is 0 Å². The predicted octanol–water partition coefficient (Wildman–Crippen LogP) is 2.85. The molecule has 2 nitrogen and oxygen atoms in total. The maximum atomic E-state index is 4.09. The van der Waals surface area contributed by atoms with Gasteiger partial charge in [0.15, 0.2) is 0 Å². The molecule has 2 atom stereocenters. The zero-order valence-electron chi connectivity index (χ0n) is 9.81. The fourth-order valence-corrected chi connectivity index (χ4v) is 3.48. The molecule has 16 heavy (non-hydrogen) atoms. The van der Waals surface area contributed by atoms with Crippen molar-refractivity contribution in [3.63, 3.8) is 0 Å². The highest BCUT2D eigenvalue weighted by Gasteiger charge is 2.34. The summed E-state index contributed by atoms with van der Waals surface area (Å²) < 4.78 is 0. The fourth-order valence-electron chi connectivity index (χ4n) is 3.48. The third-order valence-corrected chi connectivity index (χ3v) is 4.24. The van der Waals surface area contributed by atoms with E-state index in [0.29, 0.717) is 0 Å². The molecule has 0 amide bonds. The lowest BCUT2D eigenvalue weighted by Gasteiger charge is -2.37. The zero-order chi connectivity index (χ0) is 10.8. The SMILES string of the molecule is c1cc(CN2CCCC3CCCC32)ccn1. The van der Waals surface area contributed by atoms with E-state index < -0.39 is 0 Å². The first-order chi connectivity index (χ1) is 7.93. The third-order valence-electron chi connectivity index (χ3n) is 4.24. The Balaban J connectivity index is 1.70. The van der Waals surface area contributed by atoms with Gasteiger partial charge in [0.05, 0.1) is 0 Å². The lowest BCUT2D eigenvalue weighted by Crippen LogP contribution is -2.41. The molecular weight excluding hydrogens is 196 g/mol. The van der Waals surface area contributed by atoms with E-state index in [2.05, 4.69) is 22.0 Å². The van der Waals surface area contributed by atoms with Gasteiger partial charge in [-0.25, -0.2) is 0 Å². The molecule has 1 aromatic rings. The molecule has 1 aliphatic carbocycles. The molecule has 2 heteroatoms. The molecule has 1 saturated carbocycles. The summed E-state index contributed by atoms with van der Waals surface area (Å²) >= 11 is 0. The summed E-state index contributed by atoms with van der Waals surface area (Å²) in [7, 11) is 0. The monoisotopic (exact) mass is 216 g/mol. The van der Waals surface area contributed by atoms with Gasteiger partial charge in [-0.15, -0.1) is 0 Å². The number of pyridine rings is 1. The van der Waals surface area contributed by atoms with E-state index in [4.69, 9.17) is 0 Å². The van der Waals surface area contributed by atoms with Gasteiger partial charge in [0.25, 0.3) is 0 Å². The number of likely N-dealkylation sites (tertiary alicyclic amines) is 1. The first kappa shape index (κ1) is 10.3. The van der Waals surface area contributed by atoms with Crippen LogP contribution in [0.5, 0.6) is 0 Å². The average molecular weight is 216 g/mol. The van der Waals surface area contributed by atoms with Crippen molar-refractivity contribution >= 4 is 0 Å². The minimum Gasteiger partial charge on any atom is -0.296 e. The Morgan fingerprint density at radius 2 is 1.94 bits per heavy atom. The minimum absolute atomic E-state index is 0.877. The topological polar surface area (TPSA) is 16.1 Å². The molecule has 1 saturated heterocycles. The number of aromatic nitrogens is 1. The zero-order valence-corrected chi connectivity index (χ0v) is 9.81. The van der Waals surface area contributed by atoms with E-state index in [9.17, 15) is 0 Å². The van der Waals surface area contributed by atoms with E-state index in [1.807, 2.05) is 12.4 Å². The van der Waals surface area contributed by atoms with Gasteiger partial charge in [-0.05, 0) is 55.8 Å². The Kier molecular flexibility index (Phi) is 2.92. The molecule has 2 heterocycles. The molecule has 1 aliphatic heterocycles. The summed E-state index contributed by atoms with van der Waals surface area (Å²) in [5, 5.41) is 0. The van der Waals surface area contributed by atoms with Gasteiger partial charge >= 0.3 is 0 Å². The minimum atomic E-state index is 0.877. The number of fused-ring (bicyclic) bond motifs is 1.